The molecule has 0 saturated carbocycles. The summed E-state index contributed by atoms with van der Waals surface area (Å²) in [6.45, 7) is 1.83. The number of aromatic amines is 1. The third-order valence-corrected chi connectivity index (χ3v) is 3.69. The van der Waals surface area contributed by atoms with Crippen LogP contribution in [0.2, 0.25) is 0 Å². The summed E-state index contributed by atoms with van der Waals surface area (Å²) in [5.41, 5.74) is 3.27. The largest absolute Gasteiger partial charge is 0.296 e. The Morgan fingerprint density at radius 3 is 2.71 bits per heavy atom. The molecule has 4 heteroatoms. The molecule has 0 saturated heterocycles. The summed E-state index contributed by atoms with van der Waals surface area (Å²) in [6.07, 6.45) is 1.83. The minimum Gasteiger partial charge on any atom is -0.296 e. The Morgan fingerprint density at radius 2 is 1.86 bits per heavy atom. The summed E-state index contributed by atoms with van der Waals surface area (Å²) < 4.78 is 1.47. The van der Waals surface area contributed by atoms with Crippen molar-refractivity contribution in [2.45, 2.75) is 6.92 Å². The van der Waals surface area contributed by atoms with Crippen molar-refractivity contribution in [3.63, 3.8) is 0 Å². The van der Waals surface area contributed by atoms with Crippen LogP contribution in [0.5, 0.6) is 0 Å². The first-order chi connectivity index (χ1) is 10.2. The Hall–Kier alpha value is -2.88. The quantitative estimate of drug-likeness (QED) is 0.580. The zero-order valence-corrected chi connectivity index (χ0v) is 11.5. The van der Waals surface area contributed by atoms with Gasteiger partial charge in [0.2, 0.25) is 0 Å². The van der Waals surface area contributed by atoms with Crippen LogP contribution in [0, 0.1) is 6.92 Å². The van der Waals surface area contributed by atoms with Gasteiger partial charge in [0.15, 0.2) is 5.65 Å². The highest BCUT2D eigenvalue weighted by Crippen LogP contribution is 2.26. The van der Waals surface area contributed by atoms with Crippen LogP contribution in [-0.4, -0.2) is 14.6 Å². The van der Waals surface area contributed by atoms with Crippen molar-refractivity contribution in [2.24, 2.45) is 0 Å². The van der Waals surface area contributed by atoms with E-state index in [0.717, 1.165) is 16.8 Å². The van der Waals surface area contributed by atoms with Crippen LogP contribution in [-0.2, 0) is 0 Å². The van der Waals surface area contributed by atoms with E-state index in [1.54, 1.807) is 0 Å². The normalized spacial score (nSPS) is 11.3. The second kappa shape index (κ2) is 4.31. The molecule has 2 heterocycles. The van der Waals surface area contributed by atoms with E-state index < -0.39 is 0 Å². The van der Waals surface area contributed by atoms with Gasteiger partial charge in [-0.2, -0.15) is 0 Å². The van der Waals surface area contributed by atoms with Crippen molar-refractivity contribution in [1.82, 2.24) is 14.6 Å². The molecule has 102 valence electrons. The molecule has 0 aliphatic rings. The van der Waals surface area contributed by atoms with E-state index in [2.05, 4.69) is 40.4 Å². The van der Waals surface area contributed by atoms with Crippen LogP contribution < -0.4 is 5.56 Å². The van der Waals surface area contributed by atoms with Crippen LogP contribution in [0.4, 0.5) is 0 Å². The predicted molar refractivity (Wildman–Crippen MR) is 83.5 cm³/mol. The van der Waals surface area contributed by atoms with E-state index in [9.17, 15) is 4.79 Å². The van der Waals surface area contributed by atoms with Gasteiger partial charge in [0, 0.05) is 23.5 Å². The van der Waals surface area contributed by atoms with Crippen molar-refractivity contribution >= 4 is 16.4 Å². The van der Waals surface area contributed by atoms with E-state index in [0.29, 0.717) is 5.65 Å². The smallest absolute Gasteiger partial charge is 0.272 e. The fourth-order valence-electron chi connectivity index (χ4n) is 2.67. The molecule has 0 unspecified atom stereocenters. The van der Waals surface area contributed by atoms with Gasteiger partial charge < -0.3 is 0 Å². The lowest BCUT2D eigenvalue weighted by Crippen LogP contribution is -2.14. The van der Waals surface area contributed by atoms with Gasteiger partial charge in [-0.3, -0.25) is 9.89 Å². The van der Waals surface area contributed by atoms with Crippen LogP contribution in [0.25, 0.3) is 27.5 Å². The summed E-state index contributed by atoms with van der Waals surface area (Å²) >= 11 is 0. The highest BCUT2D eigenvalue weighted by Gasteiger charge is 2.10. The molecule has 1 N–H and O–H groups in total. The molecule has 4 rings (SSSR count). The first-order valence-electron chi connectivity index (χ1n) is 6.79. The van der Waals surface area contributed by atoms with E-state index in [1.165, 1.54) is 21.4 Å². The predicted octanol–water partition coefficient (Wildman–Crippen LogP) is 3.15. The Bertz CT molecular complexity index is 1030. The average Bonchev–Trinajstić information content (AvgIpc) is 2.91. The van der Waals surface area contributed by atoms with E-state index in [-0.39, 0.29) is 5.56 Å². The summed E-state index contributed by atoms with van der Waals surface area (Å²) in [5.74, 6) is 0. The molecular formula is C17H13N3O. The van der Waals surface area contributed by atoms with Gasteiger partial charge in [0.25, 0.3) is 5.56 Å². The average molecular weight is 275 g/mol. The summed E-state index contributed by atoms with van der Waals surface area (Å²) in [7, 11) is 0. The number of hydrogen-bond acceptors (Lipinski definition) is 2. The topological polar surface area (TPSA) is 50.2 Å². The van der Waals surface area contributed by atoms with Gasteiger partial charge in [-0.05, 0) is 29.3 Å². The summed E-state index contributed by atoms with van der Waals surface area (Å²) in [4.78, 5) is 16.4. The molecule has 0 atom stereocenters. The number of aryl methyl sites for hydroxylation is 1. The first kappa shape index (κ1) is 11.9. The Labute approximate surface area is 120 Å². The maximum atomic E-state index is 11.9. The Balaban J connectivity index is 2.02. The molecule has 2 aromatic carbocycles. The van der Waals surface area contributed by atoms with E-state index in [4.69, 9.17) is 0 Å². The van der Waals surface area contributed by atoms with Crippen LogP contribution in [0.1, 0.15) is 5.69 Å². The van der Waals surface area contributed by atoms with E-state index >= 15 is 0 Å². The van der Waals surface area contributed by atoms with Gasteiger partial charge in [-0.15, -0.1) is 0 Å². The number of benzene rings is 2. The molecule has 4 nitrogen and oxygen atoms in total. The molecule has 0 aliphatic heterocycles. The van der Waals surface area contributed by atoms with Crippen LogP contribution in [0.3, 0.4) is 0 Å². The number of H-pyrrole nitrogens is 1. The number of fused-ring (bicyclic) bond motifs is 2. The fourth-order valence-corrected chi connectivity index (χ4v) is 2.67. The zero-order chi connectivity index (χ0) is 14.4. The van der Waals surface area contributed by atoms with Crippen LogP contribution in [0.15, 0.2) is 59.5 Å². The minimum absolute atomic E-state index is 0.0930. The molecule has 0 aliphatic carbocycles. The third-order valence-electron chi connectivity index (χ3n) is 3.69. The lowest BCUT2D eigenvalue weighted by molar-refractivity contribution is 0.890. The standard InChI is InChI=1S/C17H13N3O/c1-11-8-16(21)20-17(19-11)15(10-18-20)14-7-6-12-4-2-3-5-13(12)9-14/h2-10,18H,1H3. The van der Waals surface area contributed by atoms with Crippen molar-refractivity contribution in [3.8, 4) is 11.1 Å². The maximum absolute atomic E-state index is 11.9. The molecule has 4 aromatic rings. The number of hydrogen-bond donors (Lipinski definition) is 1. The highest BCUT2D eigenvalue weighted by molar-refractivity contribution is 5.89. The lowest BCUT2D eigenvalue weighted by atomic mass is 10.0. The van der Waals surface area contributed by atoms with Crippen LogP contribution >= 0.6 is 0 Å². The summed E-state index contributed by atoms with van der Waals surface area (Å²) in [6, 6.07) is 16.0. The number of aromatic nitrogens is 3. The molecular weight excluding hydrogens is 262 g/mol. The van der Waals surface area contributed by atoms with Crippen molar-refractivity contribution in [2.75, 3.05) is 0 Å². The molecule has 0 amide bonds. The zero-order valence-electron chi connectivity index (χ0n) is 11.5. The lowest BCUT2D eigenvalue weighted by Gasteiger charge is -2.02. The van der Waals surface area contributed by atoms with Crippen molar-refractivity contribution in [1.29, 1.82) is 0 Å². The molecule has 0 radical (unpaired) electrons. The molecule has 0 spiro atoms. The van der Waals surface area contributed by atoms with Gasteiger partial charge in [0.05, 0.1) is 0 Å². The van der Waals surface area contributed by atoms with Crippen molar-refractivity contribution in [3.05, 3.63) is 70.8 Å². The second-order valence-corrected chi connectivity index (χ2v) is 5.14. The second-order valence-electron chi connectivity index (χ2n) is 5.14. The van der Waals surface area contributed by atoms with Crippen molar-refractivity contribution < 1.29 is 0 Å². The fraction of sp³-hybridized carbons (Fsp3) is 0.0588. The molecule has 0 bridgehead atoms. The van der Waals surface area contributed by atoms with Gasteiger partial charge in [-0.1, -0.05) is 36.4 Å². The first-order valence-corrected chi connectivity index (χ1v) is 6.79. The number of nitrogens with zero attached hydrogens (tertiary/aromatic N) is 2. The summed E-state index contributed by atoms with van der Waals surface area (Å²) in [5, 5.41) is 5.34. The minimum atomic E-state index is -0.0930. The number of rotatable bonds is 1. The Morgan fingerprint density at radius 1 is 1.05 bits per heavy atom. The van der Waals surface area contributed by atoms with Gasteiger partial charge in [-0.25, -0.2) is 9.50 Å². The highest BCUT2D eigenvalue weighted by atomic mass is 16.1. The SMILES string of the molecule is Cc1cc(=O)n2[nH]cc(-c3ccc4ccccc4c3)c2n1. The molecule has 2 aromatic heterocycles. The Kier molecular flexibility index (Phi) is 2.44. The molecule has 21 heavy (non-hydrogen) atoms. The van der Waals surface area contributed by atoms with Gasteiger partial charge >= 0.3 is 0 Å². The third kappa shape index (κ3) is 1.84. The monoisotopic (exact) mass is 275 g/mol. The van der Waals surface area contributed by atoms with Gasteiger partial charge in [0.1, 0.15) is 0 Å². The molecule has 0 fully saturated rings. The van der Waals surface area contributed by atoms with E-state index in [1.807, 2.05) is 25.3 Å². The maximum Gasteiger partial charge on any atom is 0.272 e. The number of nitrogens with one attached hydrogen (secondary N) is 1.